The summed E-state index contributed by atoms with van der Waals surface area (Å²) in [5, 5.41) is 24.6. The van der Waals surface area contributed by atoms with Crippen molar-refractivity contribution < 1.29 is 19.1 Å². The number of hydrogen-bond acceptors (Lipinski definition) is 7. The monoisotopic (exact) mass is 432 g/mol. The number of nitro benzene ring substituents is 2. The van der Waals surface area contributed by atoms with Crippen molar-refractivity contribution in [3.63, 3.8) is 0 Å². The highest BCUT2D eigenvalue weighted by Crippen LogP contribution is 2.28. The van der Waals surface area contributed by atoms with Gasteiger partial charge in [-0.2, -0.15) is 0 Å². The average molecular weight is 432 g/mol. The number of rotatable bonds is 5. The highest BCUT2D eigenvalue weighted by atomic mass is 16.6. The maximum atomic E-state index is 12.5. The molecule has 0 aliphatic heterocycles. The Bertz CT molecular complexity index is 1360. The van der Waals surface area contributed by atoms with Gasteiger partial charge in [-0.1, -0.05) is 6.07 Å². The first-order valence-electron chi connectivity index (χ1n) is 9.45. The number of hydrogen-bond donors (Lipinski definition) is 1. The number of anilines is 1. The number of aromatic nitrogens is 1. The van der Waals surface area contributed by atoms with Gasteiger partial charge in [-0.3, -0.25) is 25.0 Å². The summed E-state index contributed by atoms with van der Waals surface area (Å²) >= 11 is 0. The summed E-state index contributed by atoms with van der Waals surface area (Å²) < 4.78 is 5.88. The van der Waals surface area contributed by atoms with Crippen LogP contribution in [0.3, 0.4) is 0 Å². The number of fused-ring (bicyclic) bond motifs is 1. The minimum Gasteiger partial charge on any atom is -0.436 e. The van der Waals surface area contributed by atoms with Gasteiger partial charge < -0.3 is 9.73 Å². The van der Waals surface area contributed by atoms with Crippen molar-refractivity contribution in [2.24, 2.45) is 0 Å². The van der Waals surface area contributed by atoms with E-state index in [4.69, 9.17) is 4.42 Å². The van der Waals surface area contributed by atoms with Crippen molar-refractivity contribution in [2.45, 2.75) is 13.8 Å². The number of carbonyl (C=O) groups is 1. The molecule has 32 heavy (non-hydrogen) atoms. The standard InChI is InChI=1S/C22H16N4O6/c1-12-7-13(2)20-19(8-12)24-22(32-20)14-3-5-16(6-4-14)23-21(27)15-9-17(25(28)29)11-18(10-15)26(30)31/h3-11H,1-2H3,(H,23,27). The number of nitrogens with one attached hydrogen (secondary N) is 1. The molecule has 1 N–H and O–H groups in total. The molecular formula is C22H16N4O6. The molecule has 3 aromatic carbocycles. The van der Waals surface area contributed by atoms with Crippen molar-refractivity contribution in [1.82, 2.24) is 4.98 Å². The molecule has 0 atom stereocenters. The average Bonchev–Trinajstić information content (AvgIpc) is 3.18. The van der Waals surface area contributed by atoms with E-state index in [1.54, 1.807) is 24.3 Å². The van der Waals surface area contributed by atoms with Gasteiger partial charge >= 0.3 is 0 Å². The molecule has 0 radical (unpaired) electrons. The van der Waals surface area contributed by atoms with Gasteiger partial charge in [0.15, 0.2) is 5.58 Å². The Morgan fingerprint density at radius 2 is 1.56 bits per heavy atom. The Hall–Kier alpha value is -4.60. The van der Waals surface area contributed by atoms with Crippen molar-refractivity contribution in [1.29, 1.82) is 0 Å². The number of nitrogens with zero attached hydrogens (tertiary/aromatic N) is 3. The van der Waals surface area contributed by atoms with Crippen LogP contribution >= 0.6 is 0 Å². The summed E-state index contributed by atoms with van der Waals surface area (Å²) in [6, 6.07) is 13.4. The largest absolute Gasteiger partial charge is 0.436 e. The molecule has 0 spiro atoms. The van der Waals surface area contributed by atoms with Gasteiger partial charge in [0.25, 0.3) is 17.3 Å². The fraction of sp³-hybridized carbons (Fsp3) is 0.0909. The van der Waals surface area contributed by atoms with Gasteiger partial charge in [-0.15, -0.1) is 0 Å². The summed E-state index contributed by atoms with van der Waals surface area (Å²) in [6.07, 6.45) is 0. The molecule has 10 nitrogen and oxygen atoms in total. The van der Waals surface area contributed by atoms with Crippen LogP contribution in [0.5, 0.6) is 0 Å². The minimum atomic E-state index is -0.790. The first-order valence-corrected chi connectivity index (χ1v) is 9.45. The summed E-state index contributed by atoms with van der Waals surface area (Å²) in [7, 11) is 0. The van der Waals surface area contributed by atoms with E-state index in [2.05, 4.69) is 10.3 Å². The number of non-ortho nitro benzene ring substituents is 2. The molecule has 0 saturated heterocycles. The lowest BCUT2D eigenvalue weighted by Gasteiger charge is -2.06. The lowest BCUT2D eigenvalue weighted by molar-refractivity contribution is -0.394. The Balaban J connectivity index is 1.58. The normalized spacial score (nSPS) is 10.8. The number of carbonyl (C=O) groups excluding carboxylic acids is 1. The second-order valence-corrected chi connectivity index (χ2v) is 7.23. The number of oxazole rings is 1. The molecule has 0 fully saturated rings. The van der Waals surface area contributed by atoms with Crippen LogP contribution in [-0.4, -0.2) is 20.7 Å². The van der Waals surface area contributed by atoms with Gasteiger partial charge in [0.05, 0.1) is 21.5 Å². The molecule has 1 heterocycles. The molecular weight excluding hydrogens is 416 g/mol. The lowest BCUT2D eigenvalue weighted by atomic mass is 10.1. The number of amides is 1. The second-order valence-electron chi connectivity index (χ2n) is 7.23. The predicted octanol–water partition coefficient (Wildman–Crippen LogP) is 5.18. The van der Waals surface area contributed by atoms with Crippen LogP contribution in [0, 0.1) is 34.1 Å². The highest BCUT2D eigenvalue weighted by molar-refractivity contribution is 6.05. The van der Waals surface area contributed by atoms with Crippen molar-refractivity contribution in [2.75, 3.05) is 5.32 Å². The molecule has 4 aromatic rings. The Morgan fingerprint density at radius 1 is 0.938 bits per heavy atom. The quantitative estimate of drug-likeness (QED) is 0.338. The lowest BCUT2D eigenvalue weighted by Crippen LogP contribution is -2.12. The zero-order valence-electron chi connectivity index (χ0n) is 17.0. The third kappa shape index (κ3) is 4.01. The van der Waals surface area contributed by atoms with Gasteiger partial charge in [0.2, 0.25) is 5.89 Å². The summed E-state index contributed by atoms with van der Waals surface area (Å²) in [5.41, 5.74) is 3.33. The molecule has 0 bridgehead atoms. The van der Waals surface area contributed by atoms with E-state index in [0.29, 0.717) is 22.7 Å². The Labute approximate surface area is 180 Å². The number of aryl methyl sites for hydroxylation is 2. The fourth-order valence-corrected chi connectivity index (χ4v) is 3.34. The van der Waals surface area contributed by atoms with Crippen molar-refractivity contribution in [3.8, 4) is 11.5 Å². The van der Waals surface area contributed by atoms with Crippen molar-refractivity contribution >= 4 is 34.1 Å². The third-order valence-electron chi connectivity index (χ3n) is 4.80. The van der Waals surface area contributed by atoms with E-state index in [0.717, 1.165) is 34.8 Å². The SMILES string of the molecule is Cc1cc(C)c2oc(-c3ccc(NC(=O)c4cc([N+](=O)[O-])cc([N+](=O)[O-])c4)cc3)nc2c1. The van der Waals surface area contributed by atoms with E-state index in [1.165, 1.54) is 0 Å². The molecule has 4 rings (SSSR count). The van der Waals surface area contributed by atoms with Gasteiger partial charge in [-0.05, 0) is 55.3 Å². The van der Waals surface area contributed by atoms with E-state index in [1.807, 2.05) is 26.0 Å². The summed E-state index contributed by atoms with van der Waals surface area (Å²) in [5.74, 6) is -0.279. The first kappa shape index (κ1) is 20.7. The zero-order chi connectivity index (χ0) is 23.0. The highest BCUT2D eigenvalue weighted by Gasteiger charge is 2.20. The fourth-order valence-electron chi connectivity index (χ4n) is 3.34. The van der Waals surface area contributed by atoms with Crippen LogP contribution in [0.1, 0.15) is 21.5 Å². The maximum absolute atomic E-state index is 12.5. The van der Waals surface area contributed by atoms with Crippen LogP contribution in [-0.2, 0) is 0 Å². The molecule has 1 aromatic heterocycles. The number of nitro groups is 2. The summed E-state index contributed by atoms with van der Waals surface area (Å²) in [4.78, 5) is 37.5. The Kier molecular flexibility index (Phi) is 5.11. The third-order valence-corrected chi connectivity index (χ3v) is 4.80. The van der Waals surface area contributed by atoms with E-state index < -0.39 is 27.1 Å². The Morgan fingerprint density at radius 3 is 2.16 bits per heavy atom. The van der Waals surface area contributed by atoms with Gasteiger partial charge in [0.1, 0.15) is 5.52 Å². The molecule has 0 aliphatic carbocycles. The smallest absolute Gasteiger partial charge is 0.277 e. The van der Waals surface area contributed by atoms with E-state index in [-0.39, 0.29) is 5.56 Å². The second kappa shape index (κ2) is 7.91. The predicted molar refractivity (Wildman–Crippen MR) is 117 cm³/mol. The molecule has 10 heteroatoms. The summed E-state index contributed by atoms with van der Waals surface area (Å²) in [6.45, 7) is 3.93. The molecule has 160 valence electrons. The molecule has 0 unspecified atom stereocenters. The topological polar surface area (TPSA) is 141 Å². The molecule has 1 amide bonds. The molecule has 0 aliphatic rings. The first-order chi connectivity index (χ1) is 15.2. The zero-order valence-corrected chi connectivity index (χ0v) is 17.0. The number of benzene rings is 3. The van der Waals surface area contributed by atoms with Gasteiger partial charge in [-0.25, -0.2) is 4.98 Å². The van der Waals surface area contributed by atoms with Crippen LogP contribution in [0.4, 0.5) is 17.1 Å². The van der Waals surface area contributed by atoms with E-state index in [9.17, 15) is 25.0 Å². The van der Waals surface area contributed by atoms with Crippen LogP contribution in [0.25, 0.3) is 22.6 Å². The van der Waals surface area contributed by atoms with Gasteiger partial charge in [0, 0.05) is 23.4 Å². The minimum absolute atomic E-state index is 0.195. The van der Waals surface area contributed by atoms with Crippen molar-refractivity contribution in [3.05, 3.63) is 91.5 Å². The van der Waals surface area contributed by atoms with Crippen LogP contribution < -0.4 is 5.32 Å². The van der Waals surface area contributed by atoms with Crippen LogP contribution in [0.2, 0.25) is 0 Å². The van der Waals surface area contributed by atoms with E-state index >= 15 is 0 Å². The van der Waals surface area contributed by atoms with Crippen LogP contribution in [0.15, 0.2) is 59.0 Å². The maximum Gasteiger partial charge on any atom is 0.277 e. The molecule has 0 saturated carbocycles.